The lowest BCUT2D eigenvalue weighted by molar-refractivity contribution is -0.134. The molecule has 146 valence electrons. The highest BCUT2D eigenvalue weighted by atomic mass is 19.1. The zero-order valence-electron chi connectivity index (χ0n) is 16.0. The van der Waals surface area contributed by atoms with Crippen molar-refractivity contribution in [3.05, 3.63) is 59.9 Å². The van der Waals surface area contributed by atoms with Gasteiger partial charge in [0.15, 0.2) is 0 Å². The number of amides is 2. The molecular formula is C22H24FN3O2. The summed E-state index contributed by atoms with van der Waals surface area (Å²) >= 11 is 0. The molecule has 2 amide bonds. The molecule has 2 heterocycles. The molecule has 28 heavy (non-hydrogen) atoms. The van der Waals surface area contributed by atoms with E-state index in [-0.39, 0.29) is 17.6 Å². The molecule has 0 radical (unpaired) electrons. The van der Waals surface area contributed by atoms with Gasteiger partial charge in [-0.25, -0.2) is 4.39 Å². The number of hydrogen-bond acceptors (Lipinski definition) is 3. The number of rotatable bonds is 3. The number of piperazine rings is 1. The summed E-state index contributed by atoms with van der Waals surface area (Å²) in [7, 11) is 0. The van der Waals surface area contributed by atoms with Gasteiger partial charge in [-0.15, -0.1) is 0 Å². The molecule has 0 N–H and O–H groups in total. The Hall–Kier alpha value is -2.89. The lowest BCUT2D eigenvalue weighted by atomic mass is 10.1. The van der Waals surface area contributed by atoms with Gasteiger partial charge in [0.1, 0.15) is 11.9 Å². The highest BCUT2D eigenvalue weighted by Gasteiger charge is 2.40. The zero-order valence-corrected chi connectivity index (χ0v) is 16.0. The number of fused-ring (bicyclic) bond motifs is 1. The molecule has 2 aliphatic rings. The lowest BCUT2D eigenvalue weighted by Gasteiger charge is -2.38. The number of carbonyl (C=O) groups is 2. The Kier molecular flexibility index (Phi) is 5.03. The number of benzene rings is 2. The Morgan fingerprint density at radius 3 is 2.36 bits per heavy atom. The second-order valence-corrected chi connectivity index (χ2v) is 7.25. The molecule has 2 aromatic rings. The number of hydrogen-bond donors (Lipinski definition) is 0. The summed E-state index contributed by atoms with van der Waals surface area (Å²) in [6.07, 6.45) is 0.940. The first kappa shape index (κ1) is 18.5. The van der Waals surface area contributed by atoms with Crippen molar-refractivity contribution in [3.8, 4) is 0 Å². The molecule has 6 heteroatoms. The van der Waals surface area contributed by atoms with Crippen molar-refractivity contribution in [2.45, 2.75) is 25.8 Å². The summed E-state index contributed by atoms with van der Waals surface area (Å²) in [6, 6.07) is 13.7. The minimum Gasteiger partial charge on any atom is -0.368 e. The molecular weight excluding hydrogens is 357 g/mol. The molecule has 0 saturated carbocycles. The average Bonchev–Trinajstić information content (AvgIpc) is 3.13. The number of para-hydroxylation sites is 1. The van der Waals surface area contributed by atoms with Crippen molar-refractivity contribution in [2.75, 3.05) is 36.0 Å². The lowest BCUT2D eigenvalue weighted by Crippen LogP contribution is -2.55. The summed E-state index contributed by atoms with van der Waals surface area (Å²) in [6.45, 7) is 4.40. The van der Waals surface area contributed by atoms with E-state index in [1.807, 2.05) is 36.1 Å². The van der Waals surface area contributed by atoms with Gasteiger partial charge in [-0.2, -0.15) is 0 Å². The van der Waals surface area contributed by atoms with Crippen LogP contribution in [0.1, 0.15) is 18.9 Å². The van der Waals surface area contributed by atoms with E-state index in [0.29, 0.717) is 39.0 Å². The maximum absolute atomic E-state index is 13.3. The highest BCUT2D eigenvalue weighted by molar-refractivity contribution is 6.03. The van der Waals surface area contributed by atoms with E-state index < -0.39 is 6.04 Å². The Balaban J connectivity index is 1.46. The molecule has 1 saturated heterocycles. The van der Waals surface area contributed by atoms with Crippen LogP contribution in [0.15, 0.2) is 48.5 Å². The van der Waals surface area contributed by atoms with E-state index in [1.54, 1.807) is 17.0 Å². The number of nitrogens with zero attached hydrogens (tertiary/aromatic N) is 3. The summed E-state index contributed by atoms with van der Waals surface area (Å²) in [5.41, 5.74) is 2.87. The normalized spacial score (nSPS) is 18.9. The van der Waals surface area contributed by atoms with E-state index >= 15 is 0 Å². The SMILES string of the molecule is CCC(=O)N1c2ccccc2CC1C(=O)N1CCN(c2ccc(F)cc2)CC1. The van der Waals surface area contributed by atoms with Gasteiger partial charge >= 0.3 is 0 Å². The van der Waals surface area contributed by atoms with Crippen LogP contribution in [0.25, 0.3) is 0 Å². The fraction of sp³-hybridized carbons (Fsp3) is 0.364. The Morgan fingerprint density at radius 2 is 1.68 bits per heavy atom. The Morgan fingerprint density at radius 1 is 1.00 bits per heavy atom. The number of halogens is 1. The maximum Gasteiger partial charge on any atom is 0.246 e. The first-order chi connectivity index (χ1) is 13.6. The smallest absolute Gasteiger partial charge is 0.246 e. The molecule has 0 bridgehead atoms. The van der Waals surface area contributed by atoms with Crippen LogP contribution in [0.4, 0.5) is 15.8 Å². The van der Waals surface area contributed by atoms with Crippen LogP contribution in [-0.4, -0.2) is 48.9 Å². The second kappa shape index (κ2) is 7.62. The van der Waals surface area contributed by atoms with Crippen molar-refractivity contribution < 1.29 is 14.0 Å². The van der Waals surface area contributed by atoms with E-state index in [0.717, 1.165) is 16.9 Å². The van der Waals surface area contributed by atoms with Crippen LogP contribution in [-0.2, 0) is 16.0 Å². The minimum atomic E-state index is -0.456. The summed E-state index contributed by atoms with van der Waals surface area (Å²) < 4.78 is 13.1. The van der Waals surface area contributed by atoms with E-state index in [9.17, 15) is 14.0 Å². The highest BCUT2D eigenvalue weighted by Crippen LogP contribution is 2.33. The monoisotopic (exact) mass is 381 g/mol. The standard InChI is InChI=1S/C22H24FN3O2/c1-2-21(27)26-19-6-4-3-5-16(19)15-20(26)22(28)25-13-11-24(12-14-25)18-9-7-17(23)8-10-18/h3-10,20H,2,11-15H2,1H3. The molecule has 1 atom stereocenters. The second-order valence-electron chi connectivity index (χ2n) is 7.25. The van der Waals surface area contributed by atoms with Crippen LogP contribution in [0.5, 0.6) is 0 Å². The molecule has 4 rings (SSSR count). The van der Waals surface area contributed by atoms with Gasteiger partial charge < -0.3 is 9.80 Å². The van der Waals surface area contributed by atoms with Crippen molar-refractivity contribution >= 4 is 23.2 Å². The molecule has 5 nitrogen and oxygen atoms in total. The summed E-state index contributed by atoms with van der Waals surface area (Å²) in [5, 5.41) is 0. The molecule has 0 spiro atoms. The van der Waals surface area contributed by atoms with Gasteiger partial charge in [0.25, 0.3) is 0 Å². The van der Waals surface area contributed by atoms with E-state index in [1.165, 1.54) is 12.1 Å². The number of anilines is 2. The molecule has 0 aromatic heterocycles. The van der Waals surface area contributed by atoms with Gasteiger partial charge in [-0.3, -0.25) is 14.5 Å². The predicted molar refractivity (Wildman–Crippen MR) is 107 cm³/mol. The van der Waals surface area contributed by atoms with Gasteiger partial charge in [-0.05, 0) is 35.9 Å². The Bertz CT molecular complexity index is 876. The first-order valence-electron chi connectivity index (χ1n) is 9.77. The summed E-state index contributed by atoms with van der Waals surface area (Å²) in [4.78, 5) is 31.5. The zero-order chi connectivity index (χ0) is 19.7. The van der Waals surface area contributed by atoms with Crippen molar-refractivity contribution in [1.29, 1.82) is 0 Å². The molecule has 2 aliphatic heterocycles. The van der Waals surface area contributed by atoms with E-state index in [4.69, 9.17) is 0 Å². The average molecular weight is 381 g/mol. The molecule has 1 fully saturated rings. The van der Waals surface area contributed by atoms with Crippen molar-refractivity contribution in [3.63, 3.8) is 0 Å². The quantitative estimate of drug-likeness (QED) is 0.821. The largest absolute Gasteiger partial charge is 0.368 e. The van der Waals surface area contributed by atoms with Gasteiger partial charge in [0, 0.05) is 50.4 Å². The van der Waals surface area contributed by atoms with Crippen molar-refractivity contribution in [2.24, 2.45) is 0 Å². The minimum absolute atomic E-state index is 0.0109. The van der Waals surface area contributed by atoms with E-state index in [2.05, 4.69) is 4.90 Å². The van der Waals surface area contributed by atoms with Gasteiger partial charge in [0.05, 0.1) is 0 Å². The van der Waals surface area contributed by atoms with Crippen LogP contribution in [0.3, 0.4) is 0 Å². The van der Waals surface area contributed by atoms with Crippen molar-refractivity contribution in [1.82, 2.24) is 4.90 Å². The third-order valence-corrected chi connectivity index (χ3v) is 5.62. The van der Waals surface area contributed by atoms with Crippen LogP contribution >= 0.6 is 0 Å². The third kappa shape index (κ3) is 3.35. The Labute approximate surface area is 164 Å². The fourth-order valence-corrected chi connectivity index (χ4v) is 4.11. The predicted octanol–water partition coefficient (Wildman–Crippen LogP) is 2.84. The van der Waals surface area contributed by atoms with Gasteiger partial charge in [-0.1, -0.05) is 25.1 Å². The first-order valence-corrected chi connectivity index (χ1v) is 9.77. The van der Waals surface area contributed by atoms with Crippen LogP contribution in [0.2, 0.25) is 0 Å². The maximum atomic E-state index is 13.3. The third-order valence-electron chi connectivity index (χ3n) is 5.62. The van der Waals surface area contributed by atoms with Crippen LogP contribution in [0, 0.1) is 5.82 Å². The van der Waals surface area contributed by atoms with Gasteiger partial charge in [0.2, 0.25) is 11.8 Å². The molecule has 0 aliphatic carbocycles. The topological polar surface area (TPSA) is 43.9 Å². The number of carbonyl (C=O) groups excluding carboxylic acids is 2. The molecule has 2 aromatic carbocycles. The molecule has 1 unspecified atom stereocenters. The van der Waals surface area contributed by atoms with Crippen LogP contribution < -0.4 is 9.80 Å². The fourth-order valence-electron chi connectivity index (χ4n) is 4.11. The summed E-state index contributed by atoms with van der Waals surface area (Å²) in [5.74, 6) is -0.260.